The molecule has 1 aliphatic rings. The van der Waals surface area contributed by atoms with E-state index < -0.39 is 0 Å². The van der Waals surface area contributed by atoms with Crippen LogP contribution in [0.25, 0.3) is 0 Å². The number of ether oxygens (including phenoxy) is 1. The van der Waals surface area contributed by atoms with Crippen LogP contribution in [0.2, 0.25) is 5.02 Å². The van der Waals surface area contributed by atoms with E-state index in [0.717, 1.165) is 17.0 Å². The minimum Gasteiger partial charge on any atom is -0.437 e. The Bertz CT molecular complexity index is 963. The van der Waals surface area contributed by atoms with Crippen molar-refractivity contribution in [3.63, 3.8) is 0 Å². The maximum absolute atomic E-state index is 13.2. The summed E-state index contributed by atoms with van der Waals surface area (Å²) in [5.74, 6) is 1.18. The van der Waals surface area contributed by atoms with Gasteiger partial charge in [0.15, 0.2) is 0 Å². The average molecular weight is 354 g/mol. The molecule has 0 spiro atoms. The second-order valence-electron chi connectivity index (χ2n) is 5.97. The van der Waals surface area contributed by atoms with Gasteiger partial charge in [-0.05, 0) is 37.3 Å². The Morgan fingerprint density at radius 2 is 1.88 bits per heavy atom. The fourth-order valence-electron chi connectivity index (χ4n) is 3.06. The zero-order chi connectivity index (χ0) is 17.6. The summed E-state index contributed by atoms with van der Waals surface area (Å²) < 4.78 is 7.74. The van der Waals surface area contributed by atoms with E-state index in [9.17, 15) is 4.79 Å². The Labute approximate surface area is 150 Å². The van der Waals surface area contributed by atoms with Crippen molar-refractivity contribution in [2.45, 2.75) is 13.5 Å². The van der Waals surface area contributed by atoms with Crippen molar-refractivity contribution in [2.75, 3.05) is 4.90 Å². The summed E-state index contributed by atoms with van der Waals surface area (Å²) in [4.78, 5) is 14.9. The van der Waals surface area contributed by atoms with Crippen molar-refractivity contribution < 1.29 is 9.53 Å². The van der Waals surface area contributed by atoms with Crippen LogP contribution < -0.4 is 9.64 Å². The highest BCUT2D eigenvalue weighted by atomic mass is 35.5. The molecule has 0 fully saturated rings. The monoisotopic (exact) mass is 353 g/mol. The van der Waals surface area contributed by atoms with Gasteiger partial charge in [0.2, 0.25) is 5.88 Å². The zero-order valence-corrected chi connectivity index (χ0v) is 14.6. The third kappa shape index (κ3) is 2.66. The molecule has 1 aliphatic heterocycles. The van der Waals surface area contributed by atoms with E-state index in [-0.39, 0.29) is 5.91 Å². The van der Waals surface area contributed by atoms with E-state index in [1.165, 1.54) is 0 Å². The third-order valence-electron chi connectivity index (χ3n) is 4.25. The number of benzene rings is 2. The SMILES string of the molecule is Cc1nn(C)c2c1N(C(=O)c1ccc(Cl)cc1)Cc1ccccc1O2. The van der Waals surface area contributed by atoms with E-state index in [1.807, 2.05) is 38.2 Å². The molecule has 0 atom stereocenters. The van der Waals surface area contributed by atoms with Crippen LogP contribution in [-0.2, 0) is 13.6 Å². The fourth-order valence-corrected chi connectivity index (χ4v) is 3.19. The molecule has 0 N–H and O–H groups in total. The molecule has 25 heavy (non-hydrogen) atoms. The molecule has 6 heteroatoms. The Balaban J connectivity index is 1.86. The average Bonchev–Trinajstić information content (AvgIpc) is 2.79. The van der Waals surface area contributed by atoms with Gasteiger partial charge in [0, 0.05) is 23.2 Å². The number of halogens is 1. The summed E-state index contributed by atoms with van der Waals surface area (Å²) in [6, 6.07) is 14.6. The summed E-state index contributed by atoms with van der Waals surface area (Å²) in [7, 11) is 1.81. The van der Waals surface area contributed by atoms with E-state index in [0.29, 0.717) is 28.7 Å². The van der Waals surface area contributed by atoms with Gasteiger partial charge < -0.3 is 4.74 Å². The first kappa shape index (κ1) is 15.7. The number of nitrogens with zero attached hydrogens (tertiary/aromatic N) is 3. The lowest BCUT2D eigenvalue weighted by Crippen LogP contribution is -2.30. The Morgan fingerprint density at radius 1 is 1.16 bits per heavy atom. The Hall–Kier alpha value is -2.79. The Morgan fingerprint density at radius 3 is 2.64 bits per heavy atom. The van der Waals surface area contributed by atoms with Crippen molar-refractivity contribution in [1.29, 1.82) is 0 Å². The lowest BCUT2D eigenvalue weighted by Gasteiger charge is -2.21. The van der Waals surface area contributed by atoms with Gasteiger partial charge in [-0.2, -0.15) is 5.10 Å². The summed E-state index contributed by atoms with van der Waals surface area (Å²) >= 11 is 5.95. The number of aryl methyl sites for hydroxylation is 2. The predicted octanol–water partition coefficient (Wildman–Crippen LogP) is 4.33. The van der Waals surface area contributed by atoms with E-state index in [1.54, 1.807) is 33.8 Å². The maximum Gasteiger partial charge on any atom is 0.258 e. The highest BCUT2D eigenvalue weighted by Crippen LogP contribution is 2.41. The number of hydrogen-bond acceptors (Lipinski definition) is 3. The topological polar surface area (TPSA) is 47.4 Å². The highest BCUT2D eigenvalue weighted by molar-refractivity contribution is 6.30. The van der Waals surface area contributed by atoms with Crippen molar-refractivity contribution >= 4 is 23.2 Å². The quantitative estimate of drug-likeness (QED) is 0.654. The molecule has 126 valence electrons. The van der Waals surface area contributed by atoms with Crippen molar-refractivity contribution in [2.24, 2.45) is 7.05 Å². The van der Waals surface area contributed by atoms with Crippen LogP contribution in [0.15, 0.2) is 48.5 Å². The van der Waals surface area contributed by atoms with E-state index in [4.69, 9.17) is 16.3 Å². The molecular formula is C19H16ClN3O2. The van der Waals surface area contributed by atoms with Gasteiger partial charge >= 0.3 is 0 Å². The van der Waals surface area contributed by atoms with E-state index >= 15 is 0 Å². The third-order valence-corrected chi connectivity index (χ3v) is 4.51. The number of hydrogen-bond donors (Lipinski definition) is 0. The van der Waals surface area contributed by atoms with Crippen LogP contribution in [0, 0.1) is 6.92 Å². The smallest absolute Gasteiger partial charge is 0.258 e. The van der Waals surface area contributed by atoms with Gasteiger partial charge in [-0.3, -0.25) is 9.69 Å². The Kier molecular flexibility index (Phi) is 3.73. The van der Waals surface area contributed by atoms with Crippen LogP contribution in [-0.4, -0.2) is 15.7 Å². The molecule has 1 amide bonds. The normalized spacial score (nSPS) is 12.8. The number of amides is 1. The van der Waals surface area contributed by atoms with Crippen LogP contribution >= 0.6 is 11.6 Å². The second-order valence-corrected chi connectivity index (χ2v) is 6.41. The lowest BCUT2D eigenvalue weighted by atomic mass is 10.1. The summed E-state index contributed by atoms with van der Waals surface area (Å²) in [5.41, 5.74) is 2.95. The van der Waals surface area contributed by atoms with Crippen LogP contribution in [0.1, 0.15) is 21.6 Å². The van der Waals surface area contributed by atoms with Crippen LogP contribution in [0.5, 0.6) is 11.6 Å². The maximum atomic E-state index is 13.2. The van der Waals surface area contributed by atoms with Gasteiger partial charge in [0.25, 0.3) is 5.91 Å². The van der Waals surface area contributed by atoms with Gasteiger partial charge in [-0.15, -0.1) is 0 Å². The molecule has 0 bridgehead atoms. The number of carbonyl (C=O) groups excluding carboxylic acids is 1. The number of carbonyl (C=O) groups is 1. The van der Waals surface area contributed by atoms with Crippen LogP contribution in [0.3, 0.4) is 0 Å². The number of aromatic nitrogens is 2. The summed E-state index contributed by atoms with van der Waals surface area (Å²) in [6.07, 6.45) is 0. The van der Waals surface area contributed by atoms with Crippen molar-refractivity contribution in [3.05, 3.63) is 70.4 Å². The number of fused-ring (bicyclic) bond motifs is 2. The second kappa shape index (κ2) is 5.93. The van der Waals surface area contributed by atoms with Gasteiger partial charge in [-0.1, -0.05) is 29.8 Å². The predicted molar refractivity (Wildman–Crippen MR) is 96.4 cm³/mol. The number of anilines is 1. The first-order chi connectivity index (χ1) is 12.0. The largest absolute Gasteiger partial charge is 0.437 e. The van der Waals surface area contributed by atoms with Crippen LogP contribution in [0.4, 0.5) is 5.69 Å². The minimum absolute atomic E-state index is 0.116. The van der Waals surface area contributed by atoms with Crippen molar-refractivity contribution in [3.8, 4) is 11.6 Å². The standard InChI is InChI=1S/C19H16ClN3O2/c1-12-17-19(22(2)21-12)25-16-6-4-3-5-14(16)11-23(17)18(24)13-7-9-15(20)10-8-13/h3-10H,11H2,1-2H3. The molecule has 0 saturated carbocycles. The summed E-state index contributed by atoms with van der Waals surface area (Å²) in [6.45, 7) is 2.29. The minimum atomic E-state index is -0.116. The van der Waals surface area contributed by atoms with Gasteiger partial charge in [0.05, 0.1) is 12.2 Å². The molecule has 1 aromatic heterocycles. The first-order valence-electron chi connectivity index (χ1n) is 7.91. The molecule has 2 heterocycles. The molecule has 5 nitrogen and oxygen atoms in total. The number of para-hydroxylation sites is 1. The lowest BCUT2D eigenvalue weighted by molar-refractivity contribution is 0.0985. The molecular weight excluding hydrogens is 338 g/mol. The number of rotatable bonds is 1. The van der Waals surface area contributed by atoms with E-state index in [2.05, 4.69) is 5.10 Å². The molecule has 0 radical (unpaired) electrons. The molecule has 3 aromatic rings. The van der Waals surface area contributed by atoms with Crippen molar-refractivity contribution in [1.82, 2.24) is 9.78 Å². The molecule has 0 saturated heterocycles. The zero-order valence-electron chi connectivity index (χ0n) is 13.9. The fraction of sp³-hybridized carbons (Fsp3) is 0.158. The van der Waals surface area contributed by atoms with Gasteiger partial charge in [0.1, 0.15) is 11.4 Å². The van der Waals surface area contributed by atoms with Gasteiger partial charge in [-0.25, -0.2) is 4.68 Å². The summed E-state index contributed by atoms with van der Waals surface area (Å²) in [5, 5.41) is 5.02. The molecule has 2 aromatic carbocycles. The molecule has 4 rings (SSSR count). The first-order valence-corrected chi connectivity index (χ1v) is 8.29. The molecule has 0 unspecified atom stereocenters. The molecule has 0 aliphatic carbocycles. The highest BCUT2D eigenvalue weighted by Gasteiger charge is 2.31.